The van der Waals surface area contributed by atoms with Gasteiger partial charge in [0.1, 0.15) is 12.4 Å². The van der Waals surface area contributed by atoms with E-state index in [-0.39, 0.29) is 5.91 Å². The topological polar surface area (TPSA) is 65.2 Å². The fourth-order valence-corrected chi connectivity index (χ4v) is 2.61. The van der Waals surface area contributed by atoms with Gasteiger partial charge in [0.25, 0.3) is 0 Å². The standard InChI is InChI=1S/C18H22N2O2S/c1-18(23-2,17(19)21)11-10-14-6-8-16(9-7-14)22-13-15-5-3-4-12-20-15/h3-9,12H,10-11,13H2,1-2H3,(H2,19,21). The molecule has 0 radical (unpaired) electrons. The zero-order valence-electron chi connectivity index (χ0n) is 13.5. The van der Waals surface area contributed by atoms with Crippen LogP contribution < -0.4 is 10.5 Å². The second-order valence-corrected chi connectivity index (χ2v) is 6.86. The molecule has 0 aliphatic rings. The van der Waals surface area contributed by atoms with Gasteiger partial charge in [-0.15, -0.1) is 11.8 Å². The summed E-state index contributed by atoms with van der Waals surface area (Å²) in [5, 5.41) is 0. The second kappa shape index (κ2) is 8.02. The summed E-state index contributed by atoms with van der Waals surface area (Å²) in [6.07, 6.45) is 5.20. The molecule has 1 heterocycles. The summed E-state index contributed by atoms with van der Waals surface area (Å²) in [6, 6.07) is 13.7. The van der Waals surface area contributed by atoms with Crippen molar-refractivity contribution in [3.63, 3.8) is 0 Å². The molecule has 2 aromatic rings. The Bertz CT molecular complexity index is 631. The van der Waals surface area contributed by atoms with E-state index in [4.69, 9.17) is 10.5 Å². The first-order valence-electron chi connectivity index (χ1n) is 7.50. The van der Waals surface area contributed by atoms with Crippen molar-refractivity contribution in [1.82, 2.24) is 4.98 Å². The van der Waals surface area contributed by atoms with Gasteiger partial charge in [-0.1, -0.05) is 18.2 Å². The number of primary amides is 1. The summed E-state index contributed by atoms with van der Waals surface area (Å²) in [5.74, 6) is 0.544. The number of amides is 1. The average molecular weight is 330 g/mol. The van der Waals surface area contributed by atoms with Gasteiger partial charge < -0.3 is 10.5 Å². The van der Waals surface area contributed by atoms with E-state index < -0.39 is 4.75 Å². The Hall–Kier alpha value is -2.01. The summed E-state index contributed by atoms with van der Waals surface area (Å²) in [4.78, 5) is 15.7. The number of aromatic nitrogens is 1. The molecule has 1 unspecified atom stereocenters. The van der Waals surface area contributed by atoms with Gasteiger partial charge in [-0.05, 0) is 55.9 Å². The van der Waals surface area contributed by atoms with Crippen LogP contribution in [-0.2, 0) is 17.8 Å². The van der Waals surface area contributed by atoms with Crippen LogP contribution in [0.15, 0.2) is 48.7 Å². The molecule has 0 saturated carbocycles. The van der Waals surface area contributed by atoms with Crippen LogP contribution in [0.3, 0.4) is 0 Å². The van der Waals surface area contributed by atoms with Crippen LogP contribution in [-0.4, -0.2) is 21.9 Å². The lowest BCUT2D eigenvalue weighted by Gasteiger charge is -2.23. The molecule has 4 nitrogen and oxygen atoms in total. The van der Waals surface area contributed by atoms with Gasteiger partial charge in [0.05, 0.1) is 10.4 Å². The van der Waals surface area contributed by atoms with Gasteiger partial charge in [0.15, 0.2) is 0 Å². The minimum absolute atomic E-state index is 0.264. The highest BCUT2D eigenvalue weighted by Crippen LogP contribution is 2.28. The van der Waals surface area contributed by atoms with E-state index in [1.807, 2.05) is 55.6 Å². The Balaban J connectivity index is 1.88. The Morgan fingerprint density at radius 1 is 1.26 bits per heavy atom. The van der Waals surface area contributed by atoms with Gasteiger partial charge >= 0.3 is 0 Å². The highest BCUT2D eigenvalue weighted by atomic mass is 32.2. The van der Waals surface area contributed by atoms with Crippen molar-refractivity contribution in [1.29, 1.82) is 0 Å². The lowest BCUT2D eigenvalue weighted by molar-refractivity contribution is -0.120. The van der Waals surface area contributed by atoms with Crippen LogP contribution in [0.5, 0.6) is 5.75 Å². The van der Waals surface area contributed by atoms with E-state index in [1.165, 1.54) is 11.8 Å². The van der Waals surface area contributed by atoms with Gasteiger partial charge in [0.2, 0.25) is 5.91 Å². The monoisotopic (exact) mass is 330 g/mol. The molecule has 2 N–H and O–H groups in total. The molecule has 122 valence electrons. The van der Waals surface area contributed by atoms with Crippen molar-refractivity contribution in [3.05, 3.63) is 59.9 Å². The zero-order chi connectivity index (χ0) is 16.7. The van der Waals surface area contributed by atoms with Crippen molar-refractivity contribution in [2.75, 3.05) is 6.26 Å². The number of nitrogens with zero attached hydrogens (tertiary/aromatic N) is 1. The van der Waals surface area contributed by atoms with E-state index >= 15 is 0 Å². The van der Waals surface area contributed by atoms with Crippen LogP contribution >= 0.6 is 11.8 Å². The number of ether oxygens (including phenoxy) is 1. The second-order valence-electron chi connectivity index (χ2n) is 5.55. The summed E-state index contributed by atoms with van der Waals surface area (Å²) in [6.45, 7) is 2.34. The normalized spacial score (nSPS) is 13.3. The molecule has 2 rings (SSSR count). The highest BCUT2D eigenvalue weighted by Gasteiger charge is 2.29. The molecule has 1 aromatic heterocycles. The summed E-state index contributed by atoms with van der Waals surface area (Å²) >= 11 is 1.50. The summed E-state index contributed by atoms with van der Waals surface area (Å²) in [5.41, 5.74) is 7.54. The van der Waals surface area contributed by atoms with Crippen LogP contribution in [0, 0.1) is 0 Å². The number of carbonyl (C=O) groups is 1. The molecule has 0 aliphatic carbocycles. The number of benzene rings is 1. The maximum Gasteiger partial charge on any atom is 0.233 e. The van der Waals surface area contributed by atoms with Crippen molar-refractivity contribution < 1.29 is 9.53 Å². The van der Waals surface area contributed by atoms with Gasteiger partial charge in [-0.3, -0.25) is 9.78 Å². The number of aryl methyl sites for hydroxylation is 1. The van der Waals surface area contributed by atoms with E-state index in [0.717, 1.165) is 29.8 Å². The molecule has 0 fully saturated rings. The molecule has 1 aromatic carbocycles. The molecule has 1 atom stereocenters. The molecule has 0 bridgehead atoms. The minimum Gasteiger partial charge on any atom is -0.487 e. The fraction of sp³-hybridized carbons (Fsp3) is 0.333. The Labute approximate surface area is 141 Å². The van der Waals surface area contributed by atoms with Crippen LogP contribution in [0.1, 0.15) is 24.6 Å². The number of carbonyl (C=O) groups excluding carboxylic acids is 1. The molecular formula is C18H22N2O2S. The molecule has 0 saturated heterocycles. The third-order valence-electron chi connectivity index (χ3n) is 3.90. The molecule has 0 aliphatic heterocycles. The lowest BCUT2D eigenvalue weighted by Crippen LogP contribution is -2.38. The lowest BCUT2D eigenvalue weighted by atomic mass is 9.99. The van der Waals surface area contributed by atoms with E-state index in [0.29, 0.717) is 6.61 Å². The maximum absolute atomic E-state index is 11.5. The zero-order valence-corrected chi connectivity index (χ0v) is 14.3. The number of thioether (sulfide) groups is 1. The smallest absolute Gasteiger partial charge is 0.233 e. The Morgan fingerprint density at radius 2 is 2.00 bits per heavy atom. The first kappa shape index (κ1) is 17.3. The largest absolute Gasteiger partial charge is 0.487 e. The molecular weight excluding hydrogens is 308 g/mol. The Morgan fingerprint density at radius 3 is 2.57 bits per heavy atom. The number of rotatable bonds is 8. The van der Waals surface area contributed by atoms with E-state index in [2.05, 4.69) is 4.98 Å². The van der Waals surface area contributed by atoms with E-state index in [1.54, 1.807) is 6.20 Å². The average Bonchev–Trinajstić information content (AvgIpc) is 2.59. The molecule has 0 spiro atoms. The van der Waals surface area contributed by atoms with Gasteiger partial charge in [0, 0.05) is 6.20 Å². The number of hydrogen-bond donors (Lipinski definition) is 1. The predicted molar refractivity (Wildman–Crippen MR) is 94.4 cm³/mol. The molecule has 1 amide bonds. The fourth-order valence-electron chi connectivity index (χ4n) is 2.10. The number of hydrogen-bond acceptors (Lipinski definition) is 4. The highest BCUT2D eigenvalue weighted by molar-refractivity contribution is 8.00. The predicted octanol–water partition coefficient (Wildman–Crippen LogP) is 3.20. The summed E-state index contributed by atoms with van der Waals surface area (Å²) < 4.78 is 5.19. The molecule has 23 heavy (non-hydrogen) atoms. The Kier molecular flexibility index (Phi) is 6.04. The van der Waals surface area contributed by atoms with E-state index in [9.17, 15) is 4.79 Å². The van der Waals surface area contributed by atoms with Crippen molar-refractivity contribution in [2.45, 2.75) is 31.1 Å². The molecule has 5 heteroatoms. The summed E-state index contributed by atoms with van der Waals surface area (Å²) in [7, 11) is 0. The SMILES string of the molecule is CSC(C)(CCc1ccc(OCc2ccccn2)cc1)C(N)=O. The minimum atomic E-state index is -0.520. The van der Waals surface area contributed by atoms with Gasteiger partial charge in [-0.2, -0.15) is 0 Å². The number of nitrogens with two attached hydrogens (primary N) is 1. The third kappa shape index (κ3) is 4.99. The van der Waals surface area contributed by atoms with Crippen molar-refractivity contribution >= 4 is 17.7 Å². The maximum atomic E-state index is 11.5. The van der Waals surface area contributed by atoms with Crippen LogP contribution in [0.25, 0.3) is 0 Å². The first-order chi connectivity index (χ1) is 11.0. The van der Waals surface area contributed by atoms with Crippen molar-refractivity contribution in [2.24, 2.45) is 5.73 Å². The van der Waals surface area contributed by atoms with Crippen LogP contribution in [0.4, 0.5) is 0 Å². The number of pyridine rings is 1. The quantitative estimate of drug-likeness (QED) is 0.807. The van der Waals surface area contributed by atoms with Crippen molar-refractivity contribution in [3.8, 4) is 5.75 Å². The van der Waals surface area contributed by atoms with Crippen LogP contribution in [0.2, 0.25) is 0 Å². The third-order valence-corrected chi connectivity index (χ3v) is 5.21. The first-order valence-corrected chi connectivity index (χ1v) is 8.73. The van der Waals surface area contributed by atoms with Gasteiger partial charge in [-0.25, -0.2) is 0 Å².